The standard InChI is InChI=1S/C19H24N2O2/c1-14-12-18(15(2)23-14)13-20-19(22)21-10-8-17(9-11-21)16-6-4-3-5-7-16/h3-7,12,17H,8-11,13H2,1-2H3,(H,20,22). The third-order valence-corrected chi connectivity index (χ3v) is 4.63. The van der Waals surface area contributed by atoms with E-state index in [2.05, 4.69) is 29.6 Å². The molecule has 23 heavy (non-hydrogen) atoms. The molecule has 122 valence electrons. The normalized spacial score (nSPS) is 15.7. The first-order chi connectivity index (χ1) is 11.1. The number of piperidine rings is 1. The molecule has 2 amide bonds. The third-order valence-electron chi connectivity index (χ3n) is 4.63. The number of amides is 2. The van der Waals surface area contributed by atoms with Crippen LogP contribution >= 0.6 is 0 Å². The fraction of sp³-hybridized carbons (Fsp3) is 0.421. The lowest BCUT2D eigenvalue weighted by atomic mass is 9.90. The van der Waals surface area contributed by atoms with Gasteiger partial charge in [0.25, 0.3) is 0 Å². The van der Waals surface area contributed by atoms with Gasteiger partial charge in [-0.1, -0.05) is 30.3 Å². The van der Waals surface area contributed by atoms with Crippen molar-refractivity contribution >= 4 is 6.03 Å². The number of benzene rings is 1. The second-order valence-electron chi connectivity index (χ2n) is 6.27. The number of hydrogen-bond donors (Lipinski definition) is 1. The van der Waals surface area contributed by atoms with Gasteiger partial charge in [-0.3, -0.25) is 0 Å². The smallest absolute Gasteiger partial charge is 0.317 e. The molecule has 1 fully saturated rings. The van der Waals surface area contributed by atoms with Crippen LogP contribution in [-0.2, 0) is 6.54 Å². The van der Waals surface area contributed by atoms with Gasteiger partial charge >= 0.3 is 6.03 Å². The molecule has 0 aliphatic carbocycles. The number of carbonyl (C=O) groups excluding carboxylic acids is 1. The quantitative estimate of drug-likeness (QED) is 0.931. The van der Waals surface area contributed by atoms with E-state index >= 15 is 0 Å². The molecule has 0 atom stereocenters. The Balaban J connectivity index is 1.49. The maximum absolute atomic E-state index is 12.3. The molecule has 1 aromatic carbocycles. The second kappa shape index (κ2) is 6.90. The first-order valence-corrected chi connectivity index (χ1v) is 8.27. The van der Waals surface area contributed by atoms with Gasteiger partial charge in [0.15, 0.2) is 0 Å². The average Bonchev–Trinajstić information content (AvgIpc) is 2.91. The van der Waals surface area contributed by atoms with Crippen LogP contribution in [0.2, 0.25) is 0 Å². The number of urea groups is 1. The predicted octanol–water partition coefficient (Wildman–Crippen LogP) is 3.99. The van der Waals surface area contributed by atoms with Gasteiger partial charge in [0.2, 0.25) is 0 Å². The van der Waals surface area contributed by atoms with Gasteiger partial charge in [-0.25, -0.2) is 4.79 Å². The maximum atomic E-state index is 12.3. The van der Waals surface area contributed by atoms with Crippen LogP contribution in [0.4, 0.5) is 4.79 Å². The van der Waals surface area contributed by atoms with Crippen LogP contribution in [-0.4, -0.2) is 24.0 Å². The molecular weight excluding hydrogens is 288 g/mol. The third kappa shape index (κ3) is 3.76. The Kier molecular flexibility index (Phi) is 4.70. The fourth-order valence-electron chi connectivity index (χ4n) is 3.28. The van der Waals surface area contributed by atoms with E-state index in [9.17, 15) is 4.79 Å². The molecule has 1 aromatic heterocycles. The lowest BCUT2D eigenvalue weighted by molar-refractivity contribution is 0.181. The highest BCUT2D eigenvalue weighted by Crippen LogP contribution is 2.27. The second-order valence-corrected chi connectivity index (χ2v) is 6.27. The molecule has 0 radical (unpaired) electrons. The minimum absolute atomic E-state index is 0.0229. The van der Waals surface area contributed by atoms with Crippen LogP contribution in [0.5, 0.6) is 0 Å². The van der Waals surface area contributed by atoms with Crippen molar-refractivity contribution in [2.75, 3.05) is 13.1 Å². The van der Waals surface area contributed by atoms with E-state index in [4.69, 9.17) is 4.42 Å². The number of furan rings is 1. The number of likely N-dealkylation sites (tertiary alicyclic amines) is 1. The van der Waals surface area contributed by atoms with Crippen LogP contribution in [0.1, 0.15) is 41.4 Å². The summed E-state index contributed by atoms with van der Waals surface area (Å²) in [6.07, 6.45) is 2.06. The van der Waals surface area contributed by atoms with Crippen molar-refractivity contribution in [3.8, 4) is 0 Å². The van der Waals surface area contributed by atoms with Crippen LogP contribution in [0.3, 0.4) is 0 Å². The predicted molar refractivity (Wildman–Crippen MR) is 90.4 cm³/mol. The van der Waals surface area contributed by atoms with Gasteiger partial charge in [0, 0.05) is 25.2 Å². The molecule has 2 aromatic rings. The number of aryl methyl sites for hydroxylation is 2. The van der Waals surface area contributed by atoms with E-state index in [1.165, 1.54) is 5.56 Å². The van der Waals surface area contributed by atoms with Crippen molar-refractivity contribution in [3.63, 3.8) is 0 Å². The lowest BCUT2D eigenvalue weighted by Gasteiger charge is -2.32. The zero-order valence-electron chi connectivity index (χ0n) is 13.8. The highest BCUT2D eigenvalue weighted by atomic mass is 16.3. The zero-order chi connectivity index (χ0) is 16.2. The summed E-state index contributed by atoms with van der Waals surface area (Å²) < 4.78 is 5.49. The number of nitrogens with zero attached hydrogens (tertiary/aromatic N) is 1. The number of carbonyl (C=O) groups is 1. The topological polar surface area (TPSA) is 45.5 Å². The molecule has 0 unspecified atom stereocenters. The fourth-order valence-corrected chi connectivity index (χ4v) is 3.28. The van der Waals surface area contributed by atoms with E-state index in [1.54, 1.807) is 0 Å². The Hall–Kier alpha value is -2.23. The Bertz CT molecular complexity index is 655. The Labute approximate surface area is 137 Å². The Morgan fingerprint density at radius 2 is 1.91 bits per heavy atom. The van der Waals surface area contributed by atoms with Crippen molar-refractivity contribution in [1.82, 2.24) is 10.2 Å². The van der Waals surface area contributed by atoms with Crippen LogP contribution in [0.25, 0.3) is 0 Å². The van der Waals surface area contributed by atoms with Gasteiger partial charge < -0.3 is 14.6 Å². The summed E-state index contributed by atoms with van der Waals surface area (Å²) >= 11 is 0. The summed E-state index contributed by atoms with van der Waals surface area (Å²) in [5.41, 5.74) is 2.44. The molecule has 4 heteroatoms. The lowest BCUT2D eigenvalue weighted by Crippen LogP contribution is -2.43. The number of nitrogens with one attached hydrogen (secondary N) is 1. The van der Waals surface area contributed by atoms with Crippen LogP contribution in [0, 0.1) is 13.8 Å². The molecule has 4 nitrogen and oxygen atoms in total. The van der Waals surface area contributed by atoms with Gasteiger partial charge in [0.1, 0.15) is 11.5 Å². The maximum Gasteiger partial charge on any atom is 0.317 e. The molecule has 0 bridgehead atoms. The first kappa shape index (κ1) is 15.7. The van der Waals surface area contributed by atoms with Gasteiger partial charge in [-0.05, 0) is 44.2 Å². The molecule has 0 saturated carbocycles. The summed E-state index contributed by atoms with van der Waals surface area (Å²) in [6.45, 7) is 6.01. The molecule has 1 aliphatic heterocycles. The summed E-state index contributed by atoms with van der Waals surface area (Å²) in [4.78, 5) is 14.2. The van der Waals surface area contributed by atoms with Crippen molar-refractivity contribution in [3.05, 3.63) is 59.0 Å². The molecule has 2 heterocycles. The van der Waals surface area contributed by atoms with Crippen molar-refractivity contribution in [2.45, 2.75) is 39.2 Å². The number of rotatable bonds is 3. The Morgan fingerprint density at radius 1 is 1.22 bits per heavy atom. The van der Waals surface area contributed by atoms with E-state index in [0.717, 1.165) is 43.0 Å². The highest BCUT2D eigenvalue weighted by molar-refractivity contribution is 5.74. The van der Waals surface area contributed by atoms with E-state index in [0.29, 0.717) is 12.5 Å². The van der Waals surface area contributed by atoms with Crippen LogP contribution < -0.4 is 5.32 Å². The summed E-state index contributed by atoms with van der Waals surface area (Å²) in [5, 5.41) is 3.00. The van der Waals surface area contributed by atoms with Gasteiger partial charge in [-0.15, -0.1) is 0 Å². The summed E-state index contributed by atoms with van der Waals surface area (Å²) in [5.74, 6) is 2.33. The minimum Gasteiger partial charge on any atom is -0.466 e. The zero-order valence-corrected chi connectivity index (χ0v) is 13.8. The average molecular weight is 312 g/mol. The van der Waals surface area contributed by atoms with E-state index < -0.39 is 0 Å². The number of hydrogen-bond acceptors (Lipinski definition) is 2. The molecule has 1 aliphatic rings. The van der Waals surface area contributed by atoms with E-state index in [1.807, 2.05) is 30.9 Å². The minimum atomic E-state index is 0.0229. The SMILES string of the molecule is Cc1cc(CNC(=O)N2CCC(c3ccccc3)CC2)c(C)o1. The van der Waals surface area contributed by atoms with Gasteiger partial charge in [0.05, 0.1) is 0 Å². The Morgan fingerprint density at radius 3 is 2.52 bits per heavy atom. The van der Waals surface area contributed by atoms with Gasteiger partial charge in [-0.2, -0.15) is 0 Å². The van der Waals surface area contributed by atoms with Crippen molar-refractivity contribution in [1.29, 1.82) is 0 Å². The molecule has 0 spiro atoms. The van der Waals surface area contributed by atoms with E-state index in [-0.39, 0.29) is 6.03 Å². The monoisotopic (exact) mass is 312 g/mol. The highest BCUT2D eigenvalue weighted by Gasteiger charge is 2.23. The molecule has 3 rings (SSSR count). The van der Waals surface area contributed by atoms with Crippen molar-refractivity contribution in [2.24, 2.45) is 0 Å². The molecule has 1 saturated heterocycles. The van der Waals surface area contributed by atoms with Crippen molar-refractivity contribution < 1.29 is 9.21 Å². The largest absolute Gasteiger partial charge is 0.466 e. The summed E-state index contributed by atoms with van der Waals surface area (Å²) in [6, 6.07) is 12.6. The molecule has 1 N–H and O–H groups in total. The molecular formula is C19H24N2O2. The van der Waals surface area contributed by atoms with Crippen LogP contribution in [0.15, 0.2) is 40.8 Å². The summed E-state index contributed by atoms with van der Waals surface area (Å²) in [7, 11) is 0. The first-order valence-electron chi connectivity index (χ1n) is 8.27.